The lowest BCUT2D eigenvalue weighted by molar-refractivity contribution is -0.132. The second kappa shape index (κ2) is 8.18. The Balaban J connectivity index is 1.85. The SMILES string of the molecule is CCOc1ccc(CC(=O)N(C)C2CCN(CC)CC2)cc1. The molecule has 0 saturated carbocycles. The van der Waals surface area contributed by atoms with Gasteiger partial charge in [-0.15, -0.1) is 0 Å². The summed E-state index contributed by atoms with van der Waals surface area (Å²) in [5.74, 6) is 1.07. The number of piperidine rings is 1. The number of likely N-dealkylation sites (N-methyl/N-ethyl adjacent to an activating group) is 1. The van der Waals surface area contributed by atoms with Crippen LogP contribution in [0.15, 0.2) is 24.3 Å². The molecule has 4 heteroatoms. The normalized spacial score (nSPS) is 16.5. The summed E-state index contributed by atoms with van der Waals surface area (Å²) in [6.45, 7) is 8.13. The van der Waals surface area contributed by atoms with E-state index in [9.17, 15) is 4.79 Å². The number of ether oxygens (including phenoxy) is 1. The number of amides is 1. The molecule has 1 amide bonds. The molecule has 1 heterocycles. The van der Waals surface area contributed by atoms with Crippen LogP contribution in [0.5, 0.6) is 5.75 Å². The Kier molecular flexibility index (Phi) is 6.25. The van der Waals surface area contributed by atoms with Gasteiger partial charge in [-0.05, 0) is 44.0 Å². The first-order valence-corrected chi connectivity index (χ1v) is 8.33. The molecule has 1 aromatic carbocycles. The van der Waals surface area contributed by atoms with Gasteiger partial charge in [0.1, 0.15) is 5.75 Å². The molecule has 1 aromatic rings. The molecule has 122 valence electrons. The van der Waals surface area contributed by atoms with Crippen LogP contribution in [-0.2, 0) is 11.2 Å². The molecule has 1 fully saturated rings. The van der Waals surface area contributed by atoms with Crippen molar-refractivity contribution >= 4 is 5.91 Å². The molecule has 0 N–H and O–H groups in total. The van der Waals surface area contributed by atoms with Crippen LogP contribution in [-0.4, -0.2) is 55.0 Å². The first-order valence-electron chi connectivity index (χ1n) is 8.33. The Morgan fingerprint density at radius 3 is 2.41 bits per heavy atom. The Bertz CT molecular complexity index is 464. The predicted octanol–water partition coefficient (Wildman–Crippen LogP) is 2.57. The highest BCUT2D eigenvalue weighted by molar-refractivity contribution is 5.78. The minimum atomic E-state index is 0.208. The van der Waals surface area contributed by atoms with Gasteiger partial charge in [0.15, 0.2) is 0 Å². The lowest BCUT2D eigenvalue weighted by Crippen LogP contribution is -2.45. The van der Waals surface area contributed by atoms with Crippen molar-refractivity contribution in [2.75, 3.05) is 33.3 Å². The number of benzene rings is 1. The van der Waals surface area contributed by atoms with Gasteiger partial charge in [0.2, 0.25) is 5.91 Å². The summed E-state index contributed by atoms with van der Waals surface area (Å²) in [5.41, 5.74) is 1.05. The largest absolute Gasteiger partial charge is 0.494 e. The van der Waals surface area contributed by atoms with Crippen molar-refractivity contribution in [1.29, 1.82) is 0 Å². The fourth-order valence-corrected chi connectivity index (χ4v) is 3.00. The van der Waals surface area contributed by atoms with E-state index in [1.165, 1.54) is 0 Å². The van der Waals surface area contributed by atoms with Gasteiger partial charge in [-0.2, -0.15) is 0 Å². The van der Waals surface area contributed by atoms with Crippen molar-refractivity contribution in [1.82, 2.24) is 9.80 Å². The average molecular weight is 304 g/mol. The molecule has 1 saturated heterocycles. The number of carbonyl (C=O) groups excluding carboxylic acids is 1. The first kappa shape index (κ1) is 16.8. The van der Waals surface area contributed by atoms with Crippen LogP contribution in [0.1, 0.15) is 32.3 Å². The Morgan fingerprint density at radius 2 is 1.86 bits per heavy atom. The van der Waals surface area contributed by atoms with Gasteiger partial charge in [0.05, 0.1) is 13.0 Å². The summed E-state index contributed by atoms with van der Waals surface area (Å²) in [6, 6.07) is 8.22. The minimum Gasteiger partial charge on any atom is -0.494 e. The zero-order chi connectivity index (χ0) is 15.9. The third-order valence-electron chi connectivity index (χ3n) is 4.54. The van der Waals surface area contributed by atoms with E-state index >= 15 is 0 Å². The molecule has 1 aliphatic rings. The number of rotatable bonds is 6. The maximum Gasteiger partial charge on any atom is 0.226 e. The van der Waals surface area contributed by atoms with Crippen LogP contribution in [0, 0.1) is 0 Å². The monoisotopic (exact) mass is 304 g/mol. The fraction of sp³-hybridized carbons (Fsp3) is 0.611. The number of hydrogen-bond donors (Lipinski definition) is 0. The molecule has 0 unspecified atom stereocenters. The molecule has 22 heavy (non-hydrogen) atoms. The van der Waals surface area contributed by atoms with E-state index in [1.54, 1.807) is 0 Å². The molecular formula is C18H28N2O2. The molecule has 1 aliphatic heterocycles. The van der Waals surface area contributed by atoms with Gasteiger partial charge < -0.3 is 14.5 Å². The van der Waals surface area contributed by atoms with E-state index in [4.69, 9.17) is 4.74 Å². The topological polar surface area (TPSA) is 32.8 Å². The zero-order valence-electron chi connectivity index (χ0n) is 14.0. The number of carbonyl (C=O) groups is 1. The van der Waals surface area contributed by atoms with Crippen LogP contribution in [0.2, 0.25) is 0 Å². The average Bonchev–Trinajstić information content (AvgIpc) is 2.56. The fourth-order valence-electron chi connectivity index (χ4n) is 3.00. The van der Waals surface area contributed by atoms with Crippen molar-refractivity contribution in [2.24, 2.45) is 0 Å². The summed E-state index contributed by atoms with van der Waals surface area (Å²) in [5, 5.41) is 0. The summed E-state index contributed by atoms with van der Waals surface area (Å²) in [4.78, 5) is 16.8. The standard InChI is InChI=1S/C18H28N2O2/c1-4-20-12-10-16(11-13-20)19(3)18(21)14-15-6-8-17(9-7-15)22-5-2/h6-9,16H,4-5,10-14H2,1-3H3. The summed E-state index contributed by atoms with van der Waals surface area (Å²) >= 11 is 0. The van der Waals surface area contributed by atoms with Gasteiger partial charge >= 0.3 is 0 Å². The number of hydrogen-bond acceptors (Lipinski definition) is 3. The highest BCUT2D eigenvalue weighted by Crippen LogP contribution is 2.17. The molecule has 0 atom stereocenters. The van der Waals surface area contributed by atoms with E-state index in [-0.39, 0.29) is 5.91 Å². The first-order chi connectivity index (χ1) is 10.6. The number of nitrogens with zero attached hydrogens (tertiary/aromatic N) is 2. The van der Waals surface area contributed by atoms with Crippen LogP contribution in [0.3, 0.4) is 0 Å². The maximum absolute atomic E-state index is 12.5. The van der Waals surface area contributed by atoms with Gasteiger partial charge in [0.25, 0.3) is 0 Å². The van der Waals surface area contributed by atoms with E-state index in [2.05, 4.69) is 11.8 Å². The molecule has 0 radical (unpaired) electrons. The van der Waals surface area contributed by atoms with Crippen LogP contribution in [0.4, 0.5) is 0 Å². The molecular weight excluding hydrogens is 276 g/mol. The Hall–Kier alpha value is -1.55. The highest BCUT2D eigenvalue weighted by atomic mass is 16.5. The van der Waals surface area contributed by atoms with Crippen molar-refractivity contribution in [3.63, 3.8) is 0 Å². The molecule has 0 bridgehead atoms. The maximum atomic E-state index is 12.5. The minimum absolute atomic E-state index is 0.208. The smallest absolute Gasteiger partial charge is 0.226 e. The van der Waals surface area contributed by atoms with Crippen molar-refractivity contribution in [3.8, 4) is 5.75 Å². The lowest BCUT2D eigenvalue weighted by atomic mass is 10.0. The summed E-state index contributed by atoms with van der Waals surface area (Å²) in [6.07, 6.45) is 2.63. The predicted molar refractivity (Wildman–Crippen MR) is 89.2 cm³/mol. The van der Waals surface area contributed by atoms with Crippen LogP contribution < -0.4 is 4.74 Å². The van der Waals surface area contributed by atoms with E-state index in [0.717, 1.165) is 43.8 Å². The van der Waals surface area contributed by atoms with Crippen LogP contribution >= 0.6 is 0 Å². The third kappa shape index (κ3) is 4.47. The molecule has 0 aromatic heterocycles. The highest BCUT2D eigenvalue weighted by Gasteiger charge is 2.24. The second-order valence-electron chi connectivity index (χ2n) is 5.92. The van der Waals surface area contributed by atoms with E-state index < -0.39 is 0 Å². The van der Waals surface area contributed by atoms with Crippen LogP contribution in [0.25, 0.3) is 0 Å². The van der Waals surface area contributed by atoms with E-state index in [0.29, 0.717) is 19.1 Å². The summed E-state index contributed by atoms with van der Waals surface area (Å²) in [7, 11) is 1.95. The van der Waals surface area contributed by atoms with Gasteiger partial charge in [0, 0.05) is 26.2 Å². The zero-order valence-corrected chi connectivity index (χ0v) is 14.0. The van der Waals surface area contributed by atoms with Gasteiger partial charge in [-0.1, -0.05) is 19.1 Å². The molecule has 0 aliphatic carbocycles. The number of likely N-dealkylation sites (tertiary alicyclic amines) is 1. The quantitative estimate of drug-likeness (QED) is 0.810. The van der Waals surface area contributed by atoms with E-state index in [1.807, 2.05) is 43.1 Å². The van der Waals surface area contributed by atoms with Crippen molar-refractivity contribution < 1.29 is 9.53 Å². The molecule has 2 rings (SSSR count). The molecule has 4 nitrogen and oxygen atoms in total. The Labute approximate surface area is 134 Å². The third-order valence-corrected chi connectivity index (χ3v) is 4.54. The second-order valence-corrected chi connectivity index (χ2v) is 5.92. The van der Waals surface area contributed by atoms with Crippen molar-refractivity contribution in [2.45, 2.75) is 39.2 Å². The Morgan fingerprint density at radius 1 is 1.23 bits per heavy atom. The lowest BCUT2D eigenvalue weighted by Gasteiger charge is -2.36. The summed E-state index contributed by atoms with van der Waals surface area (Å²) < 4.78 is 5.43. The van der Waals surface area contributed by atoms with Gasteiger partial charge in [-0.3, -0.25) is 4.79 Å². The molecule has 0 spiro atoms. The van der Waals surface area contributed by atoms with Gasteiger partial charge in [-0.25, -0.2) is 0 Å². The van der Waals surface area contributed by atoms with Crippen molar-refractivity contribution in [3.05, 3.63) is 29.8 Å².